The average molecular weight is 557 g/mol. The molecule has 0 spiro atoms. The Hall–Kier alpha value is -4.70. The van der Waals surface area contributed by atoms with Gasteiger partial charge in [-0.1, -0.05) is 67.6 Å². The van der Waals surface area contributed by atoms with Crippen molar-refractivity contribution >= 4 is 46.3 Å². The van der Waals surface area contributed by atoms with E-state index < -0.39 is 17.9 Å². The highest BCUT2D eigenvalue weighted by molar-refractivity contribution is 7.09. The number of nitrogen functional groups attached to an aromatic ring is 1. The lowest BCUT2D eigenvalue weighted by Gasteiger charge is -2.33. The van der Waals surface area contributed by atoms with E-state index in [1.165, 1.54) is 4.90 Å². The summed E-state index contributed by atoms with van der Waals surface area (Å²) in [5, 5.41) is 3.01. The molecule has 206 valence electrons. The number of para-hydroxylation sites is 1. The van der Waals surface area contributed by atoms with Crippen molar-refractivity contribution < 1.29 is 14.4 Å². The molecule has 0 aliphatic carbocycles. The molecule has 0 saturated heterocycles. The van der Waals surface area contributed by atoms with Crippen LogP contribution in [0.15, 0.2) is 78.9 Å². The lowest BCUT2D eigenvalue weighted by molar-refractivity contribution is -0.122. The molecule has 5 N–H and O–H groups in total. The maximum Gasteiger partial charge on any atom is 0.273 e. The quantitative estimate of drug-likeness (QED) is 0.269. The van der Waals surface area contributed by atoms with E-state index in [1.807, 2.05) is 98.7 Å². The van der Waals surface area contributed by atoms with E-state index in [9.17, 15) is 14.4 Å². The van der Waals surface area contributed by atoms with Crippen molar-refractivity contribution in [3.63, 3.8) is 0 Å². The second kappa shape index (κ2) is 12.4. The number of nitrogens with zero attached hydrogens (tertiary/aromatic N) is 3. The van der Waals surface area contributed by atoms with E-state index in [-0.39, 0.29) is 28.7 Å². The molecule has 1 heterocycles. The number of nitrogens with one attached hydrogen (secondary N) is 1. The van der Waals surface area contributed by atoms with E-state index in [4.69, 9.17) is 11.5 Å². The van der Waals surface area contributed by atoms with Gasteiger partial charge in [0.2, 0.25) is 5.91 Å². The fourth-order valence-corrected chi connectivity index (χ4v) is 5.15. The number of nitrogens with two attached hydrogens (primary N) is 2. The van der Waals surface area contributed by atoms with Crippen molar-refractivity contribution in [1.29, 1.82) is 0 Å². The lowest BCUT2D eigenvalue weighted by atomic mass is 9.99. The Bertz CT molecular complexity index is 1500. The number of hydrogen-bond donors (Lipinski definition) is 3. The van der Waals surface area contributed by atoms with Crippen molar-refractivity contribution in [2.45, 2.75) is 25.9 Å². The number of amides is 3. The van der Waals surface area contributed by atoms with E-state index in [0.29, 0.717) is 17.7 Å². The zero-order valence-electron chi connectivity index (χ0n) is 22.6. The summed E-state index contributed by atoms with van der Waals surface area (Å²) in [6.45, 7) is 2.25. The molecule has 0 fully saturated rings. The SMILES string of the molecule is CCc1ccccc1N(C(=O)c1snc(C(N)=O)c1N)[C@H](C(=O)NCc1ccccc1)c1ccc(N(C)C)cc1. The first-order valence-electron chi connectivity index (χ1n) is 12.8. The summed E-state index contributed by atoms with van der Waals surface area (Å²) in [7, 11) is 3.85. The third kappa shape index (κ3) is 5.97. The zero-order valence-corrected chi connectivity index (χ0v) is 23.4. The van der Waals surface area contributed by atoms with Crippen LogP contribution in [0.1, 0.15) is 49.8 Å². The molecule has 0 radical (unpaired) electrons. The number of aryl methyl sites for hydroxylation is 1. The predicted molar refractivity (Wildman–Crippen MR) is 159 cm³/mol. The Kier molecular flexibility index (Phi) is 8.80. The molecule has 1 aromatic heterocycles. The summed E-state index contributed by atoms with van der Waals surface area (Å²) < 4.78 is 4.03. The molecule has 0 saturated carbocycles. The van der Waals surface area contributed by atoms with Crippen molar-refractivity contribution in [3.8, 4) is 0 Å². The van der Waals surface area contributed by atoms with E-state index in [0.717, 1.165) is 28.3 Å². The zero-order chi connectivity index (χ0) is 28.8. The van der Waals surface area contributed by atoms with Gasteiger partial charge in [-0.25, -0.2) is 0 Å². The minimum Gasteiger partial charge on any atom is -0.395 e. The van der Waals surface area contributed by atoms with Crippen LogP contribution in [0.5, 0.6) is 0 Å². The van der Waals surface area contributed by atoms with E-state index in [2.05, 4.69) is 9.69 Å². The molecule has 10 heteroatoms. The van der Waals surface area contributed by atoms with Gasteiger partial charge >= 0.3 is 0 Å². The monoisotopic (exact) mass is 556 g/mol. The summed E-state index contributed by atoms with van der Waals surface area (Å²) in [6, 6.07) is 23.3. The molecule has 4 rings (SSSR count). The molecule has 1 atom stereocenters. The van der Waals surface area contributed by atoms with E-state index in [1.54, 1.807) is 6.07 Å². The largest absolute Gasteiger partial charge is 0.395 e. The lowest BCUT2D eigenvalue weighted by Crippen LogP contribution is -2.44. The van der Waals surface area contributed by atoms with Gasteiger partial charge in [-0.3, -0.25) is 19.3 Å². The maximum absolute atomic E-state index is 14.3. The van der Waals surface area contributed by atoms with Crippen molar-refractivity contribution in [2.24, 2.45) is 5.73 Å². The number of anilines is 3. The number of hydrogen-bond acceptors (Lipinski definition) is 7. The molecule has 0 unspecified atom stereocenters. The fourth-order valence-electron chi connectivity index (χ4n) is 4.40. The van der Waals surface area contributed by atoms with Gasteiger partial charge in [-0.15, -0.1) is 0 Å². The third-order valence-electron chi connectivity index (χ3n) is 6.55. The molecule has 0 bridgehead atoms. The first-order valence-corrected chi connectivity index (χ1v) is 13.6. The van der Waals surface area contributed by atoms with Crippen LogP contribution in [0.2, 0.25) is 0 Å². The topological polar surface area (TPSA) is 135 Å². The molecule has 40 heavy (non-hydrogen) atoms. The molecule has 3 aromatic carbocycles. The predicted octanol–water partition coefficient (Wildman–Crippen LogP) is 4.16. The summed E-state index contributed by atoms with van der Waals surface area (Å²) in [5.74, 6) is -1.76. The molecular weight excluding hydrogens is 524 g/mol. The Balaban J connectivity index is 1.87. The first kappa shape index (κ1) is 28.3. The van der Waals surface area contributed by atoms with Crippen molar-refractivity contribution in [2.75, 3.05) is 29.6 Å². The molecule has 0 aliphatic heterocycles. The molecular formula is C30H32N6O3S. The van der Waals surface area contributed by atoms with Crippen LogP contribution in [0.4, 0.5) is 17.1 Å². The van der Waals surface area contributed by atoms with Crippen molar-refractivity contribution in [3.05, 3.63) is 106 Å². The average Bonchev–Trinajstić information content (AvgIpc) is 3.36. The van der Waals surface area contributed by atoms with Gasteiger partial charge in [0.05, 0.1) is 5.69 Å². The third-order valence-corrected chi connectivity index (χ3v) is 7.40. The number of aromatic nitrogens is 1. The highest BCUT2D eigenvalue weighted by Crippen LogP contribution is 2.35. The Morgan fingerprint density at radius 2 is 1.60 bits per heavy atom. The van der Waals surface area contributed by atoms with Gasteiger partial charge in [-0.05, 0) is 52.8 Å². The highest BCUT2D eigenvalue weighted by atomic mass is 32.1. The minimum absolute atomic E-state index is 0.0328. The fraction of sp³-hybridized carbons (Fsp3) is 0.200. The number of rotatable bonds is 10. The summed E-state index contributed by atoms with van der Waals surface area (Å²) in [6.07, 6.45) is 0.614. The summed E-state index contributed by atoms with van der Waals surface area (Å²) in [4.78, 5) is 43.7. The highest BCUT2D eigenvalue weighted by Gasteiger charge is 2.36. The van der Waals surface area contributed by atoms with Crippen molar-refractivity contribution in [1.82, 2.24) is 9.69 Å². The number of carbonyl (C=O) groups is 3. The Morgan fingerprint density at radius 1 is 0.950 bits per heavy atom. The normalized spacial score (nSPS) is 11.5. The van der Waals surface area contributed by atoms with Crippen LogP contribution >= 0.6 is 11.5 Å². The van der Waals surface area contributed by atoms with Crippen LogP contribution in [0, 0.1) is 0 Å². The Labute approximate surface area is 237 Å². The van der Waals surface area contributed by atoms with E-state index >= 15 is 0 Å². The molecule has 0 aliphatic rings. The van der Waals surface area contributed by atoms with Crippen LogP contribution in [0.3, 0.4) is 0 Å². The van der Waals surface area contributed by atoms with Gasteiger partial charge in [0.1, 0.15) is 10.9 Å². The van der Waals surface area contributed by atoms with Crippen LogP contribution in [-0.2, 0) is 17.8 Å². The number of carbonyl (C=O) groups excluding carboxylic acids is 3. The van der Waals surface area contributed by atoms with Crippen LogP contribution < -0.4 is 26.6 Å². The summed E-state index contributed by atoms with van der Waals surface area (Å²) in [5.41, 5.74) is 15.2. The van der Waals surface area contributed by atoms with Crippen LogP contribution in [0.25, 0.3) is 0 Å². The first-order chi connectivity index (χ1) is 19.2. The van der Waals surface area contributed by atoms with Crippen LogP contribution in [-0.4, -0.2) is 36.2 Å². The maximum atomic E-state index is 14.3. The van der Waals surface area contributed by atoms with Gasteiger partial charge in [0.25, 0.3) is 11.8 Å². The smallest absolute Gasteiger partial charge is 0.273 e. The molecule has 3 amide bonds. The molecule has 4 aromatic rings. The standard InChI is InChI=1S/C30H32N6O3S/c1-4-20-12-8-9-13-23(20)36(30(39)27-24(31)25(28(32)37)34-40-27)26(21-14-16-22(17-15-21)35(2)3)29(38)33-18-19-10-6-5-7-11-19/h5-17,26H,4,18,31H2,1-3H3,(H2,32,37)(H,33,38)/t26-/m0/s1. The summed E-state index contributed by atoms with van der Waals surface area (Å²) >= 11 is 0.785. The van der Waals surface area contributed by atoms with Gasteiger partial charge in [0.15, 0.2) is 5.69 Å². The second-order valence-electron chi connectivity index (χ2n) is 9.39. The Morgan fingerprint density at radius 3 is 2.20 bits per heavy atom. The van der Waals surface area contributed by atoms with Gasteiger partial charge in [0, 0.05) is 32.0 Å². The van der Waals surface area contributed by atoms with Gasteiger partial charge < -0.3 is 21.7 Å². The second-order valence-corrected chi connectivity index (χ2v) is 10.2. The number of benzene rings is 3. The molecule has 9 nitrogen and oxygen atoms in total. The minimum atomic E-state index is -1.06. The van der Waals surface area contributed by atoms with Gasteiger partial charge in [-0.2, -0.15) is 4.37 Å². The number of primary amides is 1.